The maximum atomic E-state index is 11.4. The Bertz CT molecular complexity index is 1530. The van der Waals surface area contributed by atoms with E-state index in [1.807, 2.05) is 37.3 Å². The van der Waals surface area contributed by atoms with Gasteiger partial charge in [-0.3, -0.25) is 10.1 Å². The van der Waals surface area contributed by atoms with Gasteiger partial charge in [-0.15, -0.1) is 0 Å². The monoisotopic (exact) mass is 560 g/mol. The second-order valence-corrected chi connectivity index (χ2v) is 12.4. The number of anilines is 1. The second-order valence-electron chi connectivity index (χ2n) is 9.72. The van der Waals surface area contributed by atoms with Gasteiger partial charge in [0.1, 0.15) is 23.4 Å². The standard InChI is InChI=1S/C25H26Cl2N6O3S/c1-15(23-19(26)10-28-11-20(23)27)36-17-5-6-21-18(8-17)24(32-31-21)16-4-7-22(29-9-16)33-13-25(2,14-33)12-30-37(3,34)35/h4-11,15,30H,12-14H2,1-3H3,(H,31,32)/t15-/m1/s1. The summed E-state index contributed by atoms with van der Waals surface area (Å²) >= 11 is 12.6. The number of aromatic amines is 1. The highest BCUT2D eigenvalue weighted by Gasteiger charge is 2.39. The molecule has 0 amide bonds. The van der Waals surface area contributed by atoms with E-state index in [1.165, 1.54) is 6.26 Å². The number of H-pyrrole nitrogens is 1. The van der Waals surface area contributed by atoms with E-state index in [2.05, 4.69) is 36.7 Å². The molecule has 0 unspecified atom stereocenters. The van der Waals surface area contributed by atoms with E-state index in [9.17, 15) is 8.42 Å². The smallest absolute Gasteiger partial charge is 0.208 e. The van der Waals surface area contributed by atoms with E-state index in [4.69, 9.17) is 27.9 Å². The van der Waals surface area contributed by atoms with Crippen LogP contribution >= 0.6 is 23.2 Å². The van der Waals surface area contributed by atoms with Crippen LogP contribution in [0.2, 0.25) is 10.0 Å². The van der Waals surface area contributed by atoms with E-state index in [1.54, 1.807) is 18.6 Å². The molecule has 194 valence electrons. The topological polar surface area (TPSA) is 113 Å². The number of benzene rings is 1. The van der Waals surface area contributed by atoms with Crippen molar-refractivity contribution >= 4 is 49.9 Å². The Morgan fingerprint density at radius 1 is 1.16 bits per heavy atom. The third-order valence-electron chi connectivity index (χ3n) is 6.40. The third-order valence-corrected chi connectivity index (χ3v) is 7.67. The number of hydrogen-bond donors (Lipinski definition) is 2. The predicted molar refractivity (Wildman–Crippen MR) is 146 cm³/mol. The summed E-state index contributed by atoms with van der Waals surface area (Å²) < 4.78 is 31.6. The number of hydrogen-bond acceptors (Lipinski definition) is 7. The van der Waals surface area contributed by atoms with Crippen LogP contribution in [0.3, 0.4) is 0 Å². The molecule has 12 heteroatoms. The maximum Gasteiger partial charge on any atom is 0.208 e. The largest absolute Gasteiger partial charge is 0.486 e. The van der Waals surface area contributed by atoms with E-state index >= 15 is 0 Å². The van der Waals surface area contributed by atoms with Crippen LogP contribution in [-0.2, 0) is 10.0 Å². The fourth-order valence-corrected chi connectivity index (χ4v) is 5.81. The summed E-state index contributed by atoms with van der Waals surface area (Å²) in [6.45, 7) is 5.79. The zero-order valence-electron chi connectivity index (χ0n) is 20.5. The number of nitrogens with one attached hydrogen (secondary N) is 2. The van der Waals surface area contributed by atoms with Crippen molar-refractivity contribution in [2.45, 2.75) is 20.0 Å². The zero-order valence-corrected chi connectivity index (χ0v) is 22.8. The van der Waals surface area contributed by atoms with Crippen molar-refractivity contribution in [2.24, 2.45) is 5.41 Å². The fraction of sp³-hybridized carbons (Fsp3) is 0.320. The predicted octanol–water partition coefficient (Wildman–Crippen LogP) is 4.84. The highest BCUT2D eigenvalue weighted by Crippen LogP contribution is 2.36. The zero-order chi connectivity index (χ0) is 26.4. The third kappa shape index (κ3) is 5.52. The number of rotatable bonds is 8. The Kier molecular flexibility index (Phi) is 6.78. The van der Waals surface area contributed by atoms with Crippen LogP contribution in [0, 0.1) is 5.41 Å². The minimum atomic E-state index is -3.21. The van der Waals surface area contributed by atoms with Crippen LogP contribution in [0.15, 0.2) is 48.9 Å². The Morgan fingerprint density at radius 2 is 1.89 bits per heavy atom. The van der Waals surface area contributed by atoms with Gasteiger partial charge in [0.2, 0.25) is 10.0 Å². The first-order chi connectivity index (χ1) is 17.5. The van der Waals surface area contributed by atoms with Crippen molar-refractivity contribution in [1.82, 2.24) is 24.9 Å². The molecule has 1 atom stereocenters. The van der Waals surface area contributed by atoms with Crippen molar-refractivity contribution in [3.63, 3.8) is 0 Å². The Morgan fingerprint density at radius 3 is 2.54 bits per heavy atom. The van der Waals surface area contributed by atoms with Crippen LogP contribution in [-0.4, -0.2) is 54.5 Å². The van der Waals surface area contributed by atoms with Gasteiger partial charge in [-0.05, 0) is 37.3 Å². The summed E-state index contributed by atoms with van der Waals surface area (Å²) in [5.74, 6) is 1.49. The number of pyridine rings is 2. The fourth-order valence-electron chi connectivity index (χ4n) is 4.53. The lowest BCUT2D eigenvalue weighted by Crippen LogP contribution is -2.59. The van der Waals surface area contributed by atoms with Crippen molar-refractivity contribution in [1.29, 1.82) is 0 Å². The van der Waals surface area contributed by atoms with Crippen LogP contribution in [0.1, 0.15) is 25.5 Å². The SMILES string of the molecule is C[C@@H](Oc1ccc2[nH]nc(-c3ccc(N4CC(C)(CNS(C)(=O)=O)C4)nc3)c2c1)c1c(Cl)cncc1Cl. The van der Waals surface area contributed by atoms with Crippen LogP contribution in [0.4, 0.5) is 5.82 Å². The number of fused-ring (bicyclic) bond motifs is 1. The molecule has 0 saturated carbocycles. The molecular weight excluding hydrogens is 535 g/mol. The van der Waals surface area contributed by atoms with E-state index in [0.29, 0.717) is 27.9 Å². The summed E-state index contributed by atoms with van der Waals surface area (Å²) in [6.07, 6.45) is 5.68. The molecule has 0 spiro atoms. The molecule has 1 aliphatic heterocycles. The van der Waals surface area contributed by atoms with Gasteiger partial charge in [0, 0.05) is 60.2 Å². The first-order valence-electron chi connectivity index (χ1n) is 11.6. The molecule has 4 aromatic rings. The van der Waals surface area contributed by atoms with Gasteiger partial charge in [-0.25, -0.2) is 18.1 Å². The van der Waals surface area contributed by atoms with E-state index < -0.39 is 10.0 Å². The van der Waals surface area contributed by atoms with Gasteiger partial charge in [-0.1, -0.05) is 30.1 Å². The number of halogens is 2. The molecule has 0 bridgehead atoms. The molecule has 3 aromatic heterocycles. The summed E-state index contributed by atoms with van der Waals surface area (Å²) in [7, 11) is -3.21. The van der Waals surface area contributed by atoms with Gasteiger partial charge >= 0.3 is 0 Å². The normalized spacial score (nSPS) is 16.0. The van der Waals surface area contributed by atoms with Crippen molar-refractivity contribution in [3.8, 4) is 17.0 Å². The van der Waals surface area contributed by atoms with Crippen molar-refractivity contribution in [3.05, 3.63) is 64.5 Å². The first kappa shape index (κ1) is 25.7. The number of ether oxygens (including phenoxy) is 1. The lowest BCUT2D eigenvalue weighted by atomic mass is 9.82. The minimum Gasteiger partial charge on any atom is -0.486 e. The van der Waals surface area contributed by atoms with Crippen LogP contribution in [0.5, 0.6) is 5.75 Å². The van der Waals surface area contributed by atoms with Gasteiger partial charge in [0.15, 0.2) is 0 Å². The van der Waals surface area contributed by atoms with E-state index in [-0.39, 0.29) is 11.5 Å². The first-order valence-corrected chi connectivity index (χ1v) is 14.3. The average molecular weight is 561 g/mol. The summed E-state index contributed by atoms with van der Waals surface area (Å²) in [6, 6.07) is 9.64. The molecule has 9 nitrogen and oxygen atoms in total. The van der Waals surface area contributed by atoms with Gasteiger partial charge in [0.25, 0.3) is 0 Å². The molecule has 1 saturated heterocycles. The molecule has 1 aliphatic rings. The molecule has 0 radical (unpaired) electrons. The molecule has 5 rings (SSSR count). The second kappa shape index (κ2) is 9.75. The highest BCUT2D eigenvalue weighted by atomic mass is 35.5. The Balaban J connectivity index is 1.31. The summed E-state index contributed by atoms with van der Waals surface area (Å²) in [5.41, 5.74) is 3.05. The molecule has 37 heavy (non-hydrogen) atoms. The van der Waals surface area contributed by atoms with Gasteiger partial charge in [-0.2, -0.15) is 5.10 Å². The lowest BCUT2D eigenvalue weighted by Gasteiger charge is -2.48. The lowest BCUT2D eigenvalue weighted by molar-refractivity contribution is 0.227. The molecule has 1 aromatic carbocycles. The quantitative estimate of drug-likeness (QED) is 0.317. The molecule has 2 N–H and O–H groups in total. The number of sulfonamides is 1. The number of aromatic nitrogens is 4. The van der Waals surface area contributed by atoms with Gasteiger partial charge in [0.05, 0.1) is 21.8 Å². The molecular formula is C25H26Cl2N6O3S. The molecule has 1 fully saturated rings. The van der Waals surface area contributed by atoms with Crippen LogP contribution < -0.4 is 14.4 Å². The Labute approximate surface area is 225 Å². The summed E-state index contributed by atoms with van der Waals surface area (Å²) in [4.78, 5) is 10.8. The summed E-state index contributed by atoms with van der Waals surface area (Å²) in [5, 5.41) is 9.36. The molecule has 4 heterocycles. The van der Waals surface area contributed by atoms with Crippen molar-refractivity contribution in [2.75, 3.05) is 30.8 Å². The minimum absolute atomic E-state index is 0.125. The maximum absolute atomic E-state index is 11.4. The molecule has 0 aliphatic carbocycles. The van der Waals surface area contributed by atoms with Crippen LogP contribution in [0.25, 0.3) is 22.2 Å². The Hall–Kier alpha value is -2.92. The number of nitrogens with zero attached hydrogens (tertiary/aromatic N) is 4. The highest BCUT2D eigenvalue weighted by molar-refractivity contribution is 7.88. The van der Waals surface area contributed by atoms with Gasteiger partial charge < -0.3 is 9.64 Å². The average Bonchev–Trinajstić information content (AvgIpc) is 3.24. The van der Waals surface area contributed by atoms with Crippen molar-refractivity contribution < 1.29 is 13.2 Å². The van der Waals surface area contributed by atoms with E-state index in [0.717, 1.165) is 41.1 Å².